The number of benzene rings is 2. The molecule has 5 rings (SSSR count). The molecular weight excluding hydrogens is 454 g/mol. The molecule has 7 heteroatoms. The van der Waals surface area contributed by atoms with E-state index in [1.807, 2.05) is 41.3 Å². The minimum Gasteiger partial charge on any atom is -0.339 e. The fraction of sp³-hybridized carbons (Fsp3) is 0.286. The third kappa shape index (κ3) is 5.15. The molecule has 35 heavy (non-hydrogen) atoms. The van der Waals surface area contributed by atoms with Crippen LogP contribution in [0.25, 0.3) is 17.2 Å². The molecule has 0 aliphatic carbocycles. The number of pyridine rings is 1. The molecule has 0 atom stereocenters. The van der Waals surface area contributed by atoms with Crippen molar-refractivity contribution >= 4 is 17.7 Å². The summed E-state index contributed by atoms with van der Waals surface area (Å²) in [5.74, 6) is 1.54. The molecule has 1 amide bonds. The zero-order valence-electron chi connectivity index (χ0n) is 20.1. The topological polar surface area (TPSA) is 63.9 Å². The number of aromatic nitrogens is 4. The van der Waals surface area contributed by atoms with Crippen molar-refractivity contribution in [1.82, 2.24) is 24.6 Å². The minimum absolute atomic E-state index is 0.132. The van der Waals surface area contributed by atoms with E-state index in [1.54, 1.807) is 18.0 Å². The van der Waals surface area contributed by atoms with Crippen LogP contribution in [0.5, 0.6) is 0 Å². The van der Waals surface area contributed by atoms with E-state index in [4.69, 9.17) is 0 Å². The molecule has 1 saturated heterocycles. The van der Waals surface area contributed by atoms with E-state index in [1.165, 1.54) is 12.0 Å². The van der Waals surface area contributed by atoms with Gasteiger partial charge in [0.15, 0.2) is 11.0 Å². The number of hydrogen-bond donors (Lipinski definition) is 0. The fourth-order valence-electron chi connectivity index (χ4n) is 4.52. The lowest BCUT2D eigenvalue weighted by molar-refractivity contribution is 0.0724. The van der Waals surface area contributed by atoms with E-state index in [2.05, 4.69) is 57.9 Å². The molecule has 0 N–H and O–H groups in total. The van der Waals surface area contributed by atoms with Crippen LogP contribution in [0.3, 0.4) is 0 Å². The second-order valence-corrected chi connectivity index (χ2v) is 9.93. The second-order valence-electron chi connectivity index (χ2n) is 8.99. The molecule has 6 nitrogen and oxygen atoms in total. The highest BCUT2D eigenvalue weighted by molar-refractivity contribution is 7.98. The lowest BCUT2D eigenvalue weighted by atomic mass is 10.1. The van der Waals surface area contributed by atoms with Crippen LogP contribution in [-0.4, -0.2) is 43.6 Å². The van der Waals surface area contributed by atoms with Crippen LogP contribution in [0.4, 0.5) is 0 Å². The van der Waals surface area contributed by atoms with Crippen molar-refractivity contribution in [2.24, 2.45) is 0 Å². The van der Waals surface area contributed by atoms with Gasteiger partial charge in [-0.15, -0.1) is 10.2 Å². The highest BCUT2D eigenvalue weighted by Crippen LogP contribution is 2.31. The Labute approximate surface area is 210 Å². The minimum atomic E-state index is 0.132. The van der Waals surface area contributed by atoms with Gasteiger partial charge in [0, 0.05) is 30.6 Å². The average Bonchev–Trinajstić information content (AvgIpc) is 3.32. The highest BCUT2D eigenvalue weighted by atomic mass is 32.2. The normalized spacial score (nSPS) is 13.7. The van der Waals surface area contributed by atoms with Crippen molar-refractivity contribution in [1.29, 1.82) is 0 Å². The number of amides is 1. The van der Waals surface area contributed by atoms with E-state index in [-0.39, 0.29) is 5.91 Å². The monoisotopic (exact) mass is 483 g/mol. The van der Waals surface area contributed by atoms with Gasteiger partial charge in [-0.05, 0) is 74.6 Å². The number of thioether (sulfide) groups is 1. The van der Waals surface area contributed by atoms with Crippen molar-refractivity contribution in [3.8, 4) is 17.2 Å². The van der Waals surface area contributed by atoms with Crippen molar-refractivity contribution < 1.29 is 4.79 Å². The van der Waals surface area contributed by atoms with Gasteiger partial charge < -0.3 is 4.90 Å². The van der Waals surface area contributed by atoms with E-state index >= 15 is 0 Å². The molecule has 2 aromatic heterocycles. The molecule has 3 heterocycles. The quantitative estimate of drug-likeness (QED) is 0.321. The van der Waals surface area contributed by atoms with E-state index in [0.29, 0.717) is 11.6 Å². The van der Waals surface area contributed by atoms with E-state index in [0.717, 1.165) is 59.2 Å². The molecule has 1 aliphatic rings. The predicted molar refractivity (Wildman–Crippen MR) is 140 cm³/mol. The van der Waals surface area contributed by atoms with E-state index < -0.39 is 0 Å². The lowest BCUT2D eigenvalue weighted by Crippen LogP contribution is -2.35. The van der Waals surface area contributed by atoms with Gasteiger partial charge in [0.2, 0.25) is 0 Å². The second kappa shape index (κ2) is 10.4. The molecule has 0 saturated carbocycles. The first kappa shape index (κ1) is 23.3. The van der Waals surface area contributed by atoms with Gasteiger partial charge in [-0.1, -0.05) is 47.7 Å². The number of nitrogens with zero attached hydrogens (tertiary/aromatic N) is 5. The maximum absolute atomic E-state index is 13.0. The number of hydrogen-bond acceptors (Lipinski definition) is 5. The molecule has 2 aromatic carbocycles. The van der Waals surface area contributed by atoms with E-state index in [9.17, 15) is 4.79 Å². The van der Waals surface area contributed by atoms with Gasteiger partial charge in [-0.2, -0.15) is 0 Å². The summed E-state index contributed by atoms with van der Waals surface area (Å²) in [5, 5.41) is 9.85. The number of rotatable bonds is 6. The van der Waals surface area contributed by atoms with Crippen molar-refractivity contribution in [2.75, 3.05) is 13.1 Å². The Kier molecular flexibility index (Phi) is 6.95. The summed E-state index contributed by atoms with van der Waals surface area (Å²) in [4.78, 5) is 19.5. The Morgan fingerprint density at radius 1 is 0.943 bits per heavy atom. The summed E-state index contributed by atoms with van der Waals surface area (Å²) in [5.41, 5.74) is 6.03. The molecule has 1 aliphatic heterocycles. The largest absolute Gasteiger partial charge is 0.339 e. The Bertz CT molecular complexity index is 1330. The van der Waals surface area contributed by atoms with Crippen LogP contribution in [0.2, 0.25) is 0 Å². The zero-order valence-corrected chi connectivity index (χ0v) is 21.0. The molecule has 178 valence electrons. The maximum Gasteiger partial charge on any atom is 0.253 e. The predicted octanol–water partition coefficient (Wildman–Crippen LogP) is 5.86. The first-order valence-corrected chi connectivity index (χ1v) is 13.0. The number of carbonyl (C=O) groups is 1. The molecule has 1 fully saturated rings. The summed E-state index contributed by atoms with van der Waals surface area (Å²) < 4.78 is 2.09. The highest BCUT2D eigenvalue weighted by Gasteiger charge is 2.20. The van der Waals surface area contributed by atoms with Crippen LogP contribution in [0.1, 0.15) is 46.3 Å². The Morgan fingerprint density at radius 3 is 2.57 bits per heavy atom. The van der Waals surface area contributed by atoms with Gasteiger partial charge in [-0.25, -0.2) is 0 Å². The van der Waals surface area contributed by atoms with Gasteiger partial charge in [0.05, 0.1) is 5.69 Å². The van der Waals surface area contributed by atoms with Crippen LogP contribution in [0, 0.1) is 13.8 Å². The fourth-order valence-corrected chi connectivity index (χ4v) is 5.41. The number of carbonyl (C=O) groups excluding carboxylic acids is 1. The van der Waals surface area contributed by atoms with Crippen molar-refractivity contribution in [2.45, 2.75) is 44.0 Å². The summed E-state index contributed by atoms with van der Waals surface area (Å²) in [6, 6.07) is 20.2. The summed E-state index contributed by atoms with van der Waals surface area (Å²) in [6.07, 6.45) is 5.16. The summed E-state index contributed by atoms with van der Waals surface area (Å²) in [7, 11) is 0. The van der Waals surface area contributed by atoms with Crippen LogP contribution < -0.4 is 0 Å². The lowest BCUT2D eigenvalue weighted by Gasteiger charge is -2.26. The Balaban J connectivity index is 1.43. The van der Waals surface area contributed by atoms with Gasteiger partial charge in [0.25, 0.3) is 5.91 Å². The first-order valence-electron chi connectivity index (χ1n) is 12.1. The summed E-state index contributed by atoms with van der Waals surface area (Å²) >= 11 is 1.62. The number of piperidine rings is 1. The van der Waals surface area contributed by atoms with Crippen LogP contribution in [0.15, 0.2) is 72.0 Å². The van der Waals surface area contributed by atoms with Gasteiger partial charge in [-0.3, -0.25) is 14.3 Å². The number of aryl methyl sites for hydroxylation is 2. The zero-order chi connectivity index (χ0) is 24.2. The van der Waals surface area contributed by atoms with Crippen molar-refractivity contribution in [3.63, 3.8) is 0 Å². The summed E-state index contributed by atoms with van der Waals surface area (Å²) in [6.45, 7) is 5.91. The standard InChI is InChI=1S/C28H29N5OS/c1-20-12-13-25(21(2)17-20)33-26(24-11-4-5-14-29-24)30-31-28(33)35-19-22-9-8-10-23(18-22)27(34)32-15-6-3-7-16-32/h4-5,8-14,17-18H,3,6-7,15-16,19H2,1-2H3. The Morgan fingerprint density at radius 2 is 1.80 bits per heavy atom. The maximum atomic E-state index is 13.0. The van der Waals surface area contributed by atoms with Gasteiger partial charge >= 0.3 is 0 Å². The third-order valence-electron chi connectivity index (χ3n) is 6.31. The average molecular weight is 484 g/mol. The van der Waals surface area contributed by atoms with Gasteiger partial charge in [0.1, 0.15) is 5.69 Å². The SMILES string of the molecule is Cc1ccc(-n2c(SCc3cccc(C(=O)N4CCCCC4)c3)nnc2-c2ccccn2)c(C)c1. The number of likely N-dealkylation sites (tertiary alicyclic amines) is 1. The molecule has 0 unspecified atom stereocenters. The molecule has 0 radical (unpaired) electrons. The van der Waals surface area contributed by atoms with Crippen molar-refractivity contribution in [3.05, 3.63) is 89.1 Å². The Hall–Kier alpha value is -3.45. The molecule has 4 aromatic rings. The molecule has 0 bridgehead atoms. The molecule has 0 spiro atoms. The smallest absolute Gasteiger partial charge is 0.253 e. The van der Waals surface area contributed by atoms with Crippen LogP contribution in [-0.2, 0) is 5.75 Å². The third-order valence-corrected chi connectivity index (χ3v) is 7.31. The van der Waals surface area contributed by atoms with Crippen LogP contribution >= 0.6 is 11.8 Å². The first-order chi connectivity index (χ1) is 17.1. The molecular formula is C28H29N5OS.